The van der Waals surface area contributed by atoms with Crippen LogP contribution in [0, 0.1) is 5.41 Å². The first-order valence-electron chi connectivity index (χ1n) is 7.48. The minimum absolute atomic E-state index is 0.0224. The average Bonchev–Trinajstić information content (AvgIpc) is 2.35. The van der Waals surface area contributed by atoms with Crippen molar-refractivity contribution in [3.8, 4) is 0 Å². The molecule has 1 aliphatic heterocycles. The van der Waals surface area contributed by atoms with Gasteiger partial charge in [0.2, 0.25) is 11.8 Å². The first-order chi connectivity index (χ1) is 9.64. The van der Waals surface area contributed by atoms with Crippen LogP contribution in [0.5, 0.6) is 0 Å². The fraction of sp³-hybridized carbons (Fsp3) is 0.867. The summed E-state index contributed by atoms with van der Waals surface area (Å²) < 4.78 is 5.53. The van der Waals surface area contributed by atoms with E-state index in [0.29, 0.717) is 19.8 Å². The van der Waals surface area contributed by atoms with Crippen molar-refractivity contribution in [3.63, 3.8) is 0 Å². The van der Waals surface area contributed by atoms with E-state index in [9.17, 15) is 9.59 Å². The van der Waals surface area contributed by atoms with Crippen LogP contribution in [0.1, 0.15) is 27.7 Å². The van der Waals surface area contributed by atoms with Gasteiger partial charge in [-0.05, 0) is 26.4 Å². The van der Waals surface area contributed by atoms with Gasteiger partial charge in [0.1, 0.15) is 12.1 Å². The lowest BCUT2D eigenvalue weighted by Crippen LogP contribution is -2.66. The summed E-state index contributed by atoms with van der Waals surface area (Å²) in [5.41, 5.74) is -0.295. The van der Waals surface area contributed by atoms with Crippen LogP contribution in [0.15, 0.2) is 0 Å². The Hall–Kier alpha value is -1.14. The summed E-state index contributed by atoms with van der Waals surface area (Å²) in [6.07, 6.45) is 0. The molecule has 122 valence electrons. The summed E-state index contributed by atoms with van der Waals surface area (Å²) in [7, 11) is 3.97. The molecule has 21 heavy (non-hydrogen) atoms. The summed E-state index contributed by atoms with van der Waals surface area (Å²) >= 11 is 0. The summed E-state index contributed by atoms with van der Waals surface area (Å²) in [6, 6.07) is -0.906. The Morgan fingerprint density at radius 1 is 1.24 bits per heavy atom. The van der Waals surface area contributed by atoms with Crippen LogP contribution in [0.3, 0.4) is 0 Å². The molecule has 0 bridgehead atoms. The number of rotatable bonds is 6. The Morgan fingerprint density at radius 2 is 1.86 bits per heavy atom. The highest BCUT2D eigenvalue weighted by molar-refractivity contribution is 5.97. The van der Waals surface area contributed by atoms with Gasteiger partial charge >= 0.3 is 0 Å². The molecule has 1 rings (SSSR count). The number of carbonyl (C=O) groups excluding carboxylic acids is 2. The molecule has 0 spiro atoms. The number of ether oxygens (including phenoxy) is 1. The molecule has 0 saturated carbocycles. The molecule has 1 fully saturated rings. The van der Waals surface area contributed by atoms with Crippen molar-refractivity contribution in [2.45, 2.75) is 39.8 Å². The SMILES string of the molecule is CC1C(=O)NC(C(C)(C)C)C(=O)N1CCOCCN(C)C. The van der Waals surface area contributed by atoms with Crippen molar-refractivity contribution >= 4 is 11.8 Å². The zero-order chi connectivity index (χ0) is 16.2. The maximum atomic E-state index is 12.5. The van der Waals surface area contributed by atoms with E-state index < -0.39 is 12.1 Å². The van der Waals surface area contributed by atoms with Crippen LogP contribution in [-0.2, 0) is 14.3 Å². The predicted molar refractivity (Wildman–Crippen MR) is 81.9 cm³/mol. The Bertz CT molecular complexity index is 377. The third-order valence-electron chi connectivity index (χ3n) is 3.69. The van der Waals surface area contributed by atoms with E-state index in [-0.39, 0.29) is 17.2 Å². The molecular weight excluding hydrogens is 270 g/mol. The van der Waals surface area contributed by atoms with Crippen molar-refractivity contribution < 1.29 is 14.3 Å². The number of likely N-dealkylation sites (N-methyl/N-ethyl adjacent to an activating group) is 1. The Balaban J connectivity index is 2.57. The van der Waals surface area contributed by atoms with Crippen LogP contribution in [0.4, 0.5) is 0 Å². The van der Waals surface area contributed by atoms with Gasteiger partial charge in [-0.15, -0.1) is 0 Å². The van der Waals surface area contributed by atoms with E-state index in [4.69, 9.17) is 4.74 Å². The molecule has 6 nitrogen and oxygen atoms in total. The van der Waals surface area contributed by atoms with E-state index in [2.05, 4.69) is 5.32 Å². The average molecular weight is 299 g/mol. The lowest BCUT2D eigenvalue weighted by molar-refractivity contribution is -0.152. The highest BCUT2D eigenvalue weighted by Crippen LogP contribution is 2.24. The molecule has 2 amide bonds. The molecule has 1 N–H and O–H groups in total. The van der Waals surface area contributed by atoms with Crippen LogP contribution in [0.2, 0.25) is 0 Å². The van der Waals surface area contributed by atoms with Crippen molar-refractivity contribution in [2.24, 2.45) is 5.41 Å². The van der Waals surface area contributed by atoms with Gasteiger partial charge in [-0.2, -0.15) is 0 Å². The maximum Gasteiger partial charge on any atom is 0.246 e. The van der Waals surface area contributed by atoms with Crippen molar-refractivity contribution in [1.29, 1.82) is 0 Å². The molecule has 1 saturated heterocycles. The first-order valence-corrected chi connectivity index (χ1v) is 7.48. The zero-order valence-electron chi connectivity index (χ0n) is 14.1. The van der Waals surface area contributed by atoms with E-state index in [0.717, 1.165) is 6.54 Å². The van der Waals surface area contributed by atoms with Gasteiger partial charge in [0.15, 0.2) is 0 Å². The molecule has 0 aromatic rings. The summed E-state index contributed by atoms with van der Waals surface area (Å²) in [5, 5.41) is 2.82. The summed E-state index contributed by atoms with van der Waals surface area (Å²) in [5.74, 6) is -0.117. The second-order valence-corrected chi connectivity index (χ2v) is 6.93. The molecule has 0 aliphatic carbocycles. The van der Waals surface area contributed by atoms with Crippen LogP contribution < -0.4 is 5.32 Å². The molecule has 0 aromatic heterocycles. The van der Waals surface area contributed by atoms with Gasteiger partial charge < -0.3 is 19.9 Å². The second kappa shape index (κ2) is 7.22. The van der Waals surface area contributed by atoms with Crippen molar-refractivity contribution in [3.05, 3.63) is 0 Å². The van der Waals surface area contributed by atoms with Gasteiger partial charge in [-0.1, -0.05) is 20.8 Å². The van der Waals surface area contributed by atoms with Gasteiger partial charge in [0, 0.05) is 13.1 Å². The molecule has 0 aromatic carbocycles. The number of piperazine rings is 1. The quantitative estimate of drug-likeness (QED) is 0.718. The fourth-order valence-electron chi connectivity index (χ4n) is 2.23. The van der Waals surface area contributed by atoms with E-state index in [1.54, 1.807) is 11.8 Å². The molecule has 1 heterocycles. The normalized spacial score (nSPS) is 23.7. The van der Waals surface area contributed by atoms with Gasteiger partial charge in [-0.25, -0.2) is 0 Å². The number of hydrogen-bond acceptors (Lipinski definition) is 4. The number of nitrogens with zero attached hydrogens (tertiary/aromatic N) is 2. The Labute approximate surface area is 127 Å². The van der Waals surface area contributed by atoms with Crippen LogP contribution >= 0.6 is 0 Å². The van der Waals surface area contributed by atoms with E-state index in [1.807, 2.05) is 39.8 Å². The third-order valence-corrected chi connectivity index (χ3v) is 3.69. The Kier molecular flexibility index (Phi) is 6.16. The Morgan fingerprint density at radius 3 is 2.38 bits per heavy atom. The molecule has 0 radical (unpaired) electrons. The van der Waals surface area contributed by atoms with Gasteiger partial charge in [0.05, 0.1) is 13.2 Å². The second-order valence-electron chi connectivity index (χ2n) is 6.93. The maximum absolute atomic E-state index is 12.5. The minimum atomic E-state index is -0.469. The number of hydrogen-bond donors (Lipinski definition) is 1. The van der Waals surface area contributed by atoms with Crippen molar-refractivity contribution in [1.82, 2.24) is 15.1 Å². The lowest BCUT2D eigenvalue weighted by atomic mass is 9.84. The van der Waals surface area contributed by atoms with E-state index in [1.165, 1.54) is 0 Å². The number of amides is 2. The lowest BCUT2D eigenvalue weighted by Gasteiger charge is -2.42. The standard InChI is InChI=1S/C15H29N3O3/c1-11-13(19)16-12(15(2,3)4)14(20)18(11)8-10-21-9-7-17(5)6/h11-12H,7-10H2,1-6H3,(H,16,19). The van der Waals surface area contributed by atoms with Crippen LogP contribution in [-0.4, -0.2) is 74.1 Å². The third kappa shape index (κ3) is 4.97. The smallest absolute Gasteiger partial charge is 0.246 e. The molecular formula is C15H29N3O3. The monoisotopic (exact) mass is 299 g/mol. The molecule has 2 unspecified atom stereocenters. The van der Waals surface area contributed by atoms with Crippen molar-refractivity contribution in [2.75, 3.05) is 40.4 Å². The molecule has 2 atom stereocenters. The molecule has 6 heteroatoms. The topological polar surface area (TPSA) is 61.9 Å². The minimum Gasteiger partial charge on any atom is -0.378 e. The largest absolute Gasteiger partial charge is 0.378 e. The fourth-order valence-corrected chi connectivity index (χ4v) is 2.23. The zero-order valence-corrected chi connectivity index (χ0v) is 14.1. The number of nitrogens with one attached hydrogen (secondary N) is 1. The first kappa shape index (κ1) is 17.9. The summed E-state index contributed by atoms with van der Waals surface area (Å²) in [4.78, 5) is 28.2. The van der Waals surface area contributed by atoms with Gasteiger partial charge in [0.25, 0.3) is 0 Å². The van der Waals surface area contributed by atoms with Gasteiger partial charge in [-0.3, -0.25) is 9.59 Å². The highest BCUT2D eigenvalue weighted by Gasteiger charge is 2.43. The predicted octanol–water partition coefficient (Wildman–Crippen LogP) is 0.326. The molecule has 1 aliphatic rings. The van der Waals surface area contributed by atoms with E-state index >= 15 is 0 Å². The number of carbonyl (C=O) groups is 2. The highest BCUT2D eigenvalue weighted by atomic mass is 16.5. The van der Waals surface area contributed by atoms with Crippen LogP contribution in [0.25, 0.3) is 0 Å². The summed E-state index contributed by atoms with van der Waals surface area (Å²) in [6.45, 7) is 9.99.